The third-order valence-corrected chi connectivity index (χ3v) is 7.33. The maximum absolute atomic E-state index is 13.1. The highest BCUT2D eigenvalue weighted by Gasteiger charge is 2.20. The van der Waals surface area contributed by atoms with E-state index in [-0.39, 0.29) is 5.91 Å². The minimum absolute atomic E-state index is 0.0245. The van der Waals surface area contributed by atoms with Crippen LogP contribution in [0.25, 0.3) is 22.0 Å². The first-order valence-electron chi connectivity index (χ1n) is 12.2. The Hall–Kier alpha value is -2.77. The Bertz CT molecular complexity index is 1160. The molecule has 1 aliphatic carbocycles. The van der Waals surface area contributed by atoms with Gasteiger partial charge in [-0.2, -0.15) is 0 Å². The van der Waals surface area contributed by atoms with Crippen LogP contribution < -0.4 is 5.32 Å². The molecule has 3 aromatic rings. The van der Waals surface area contributed by atoms with Gasteiger partial charge < -0.3 is 14.6 Å². The molecule has 0 aromatic carbocycles. The number of hydrogen-bond acceptors (Lipinski definition) is 5. The summed E-state index contributed by atoms with van der Waals surface area (Å²) in [7, 11) is 1.70. The SMILES string of the molecule is CCc1cc(-c2nc(-c3cc(C(=O)NCCC4=CCCCC4)c(C)n3CCOC)cs2)ccn1. The second kappa shape index (κ2) is 11.6. The number of nitrogens with one attached hydrogen (secondary N) is 1. The number of allylic oxidation sites excluding steroid dienone is 1. The summed E-state index contributed by atoms with van der Waals surface area (Å²) in [5.41, 5.74) is 7.06. The Morgan fingerprint density at radius 2 is 2.18 bits per heavy atom. The van der Waals surface area contributed by atoms with Crippen molar-refractivity contribution in [3.8, 4) is 22.0 Å². The van der Waals surface area contributed by atoms with E-state index in [1.165, 1.54) is 24.8 Å². The van der Waals surface area contributed by atoms with Crippen molar-refractivity contribution in [1.82, 2.24) is 19.9 Å². The van der Waals surface area contributed by atoms with Crippen LogP contribution in [0.2, 0.25) is 0 Å². The molecule has 0 fully saturated rings. The molecule has 0 saturated heterocycles. The number of carbonyl (C=O) groups excluding carboxylic acids is 1. The molecular formula is C27H34N4O2S. The monoisotopic (exact) mass is 478 g/mol. The predicted octanol–water partition coefficient (Wildman–Crippen LogP) is 5.81. The molecule has 4 rings (SSSR count). The maximum atomic E-state index is 13.1. The van der Waals surface area contributed by atoms with Crippen LogP contribution in [0.15, 0.2) is 41.4 Å². The number of nitrogens with zero attached hydrogens (tertiary/aromatic N) is 3. The van der Waals surface area contributed by atoms with Crippen LogP contribution >= 0.6 is 11.3 Å². The molecule has 1 amide bonds. The van der Waals surface area contributed by atoms with Crippen LogP contribution in [-0.4, -0.2) is 40.7 Å². The summed E-state index contributed by atoms with van der Waals surface area (Å²) in [5, 5.41) is 6.15. The van der Waals surface area contributed by atoms with E-state index in [0.29, 0.717) is 25.3 Å². The average Bonchev–Trinajstić information content (AvgIpc) is 3.48. The van der Waals surface area contributed by atoms with Gasteiger partial charge in [0.25, 0.3) is 5.91 Å². The second-order valence-corrected chi connectivity index (χ2v) is 9.57. The molecule has 7 heteroatoms. The highest BCUT2D eigenvalue weighted by atomic mass is 32.1. The van der Waals surface area contributed by atoms with E-state index in [4.69, 9.17) is 9.72 Å². The minimum atomic E-state index is -0.0245. The van der Waals surface area contributed by atoms with Crippen LogP contribution in [0.3, 0.4) is 0 Å². The van der Waals surface area contributed by atoms with E-state index >= 15 is 0 Å². The molecule has 0 saturated carbocycles. The van der Waals surface area contributed by atoms with Crippen LogP contribution in [0.1, 0.15) is 60.8 Å². The summed E-state index contributed by atoms with van der Waals surface area (Å²) in [6.45, 7) is 6.01. The van der Waals surface area contributed by atoms with Crippen molar-refractivity contribution >= 4 is 17.2 Å². The second-order valence-electron chi connectivity index (χ2n) is 8.71. The van der Waals surface area contributed by atoms with Gasteiger partial charge in [-0.25, -0.2) is 4.98 Å². The zero-order chi connectivity index (χ0) is 23.9. The van der Waals surface area contributed by atoms with Gasteiger partial charge >= 0.3 is 0 Å². The number of pyridine rings is 1. The first-order chi connectivity index (χ1) is 16.6. The van der Waals surface area contributed by atoms with E-state index in [2.05, 4.69) is 39.3 Å². The zero-order valence-corrected chi connectivity index (χ0v) is 21.2. The van der Waals surface area contributed by atoms with Gasteiger partial charge in [-0.05, 0) is 63.6 Å². The third-order valence-electron chi connectivity index (χ3n) is 6.44. The standard InChI is InChI=1S/C27H34N4O2S/c1-4-22-16-21(11-13-28-22)27-30-24(18-34-27)25-17-23(19(2)31(25)14-15-33-3)26(32)29-12-10-20-8-6-5-7-9-20/h8,11,13,16-18H,4-7,9-10,12,14-15H2,1-3H3,(H,29,32). The molecular weight excluding hydrogens is 444 g/mol. The Kier molecular flexibility index (Phi) is 8.29. The lowest BCUT2D eigenvalue weighted by Gasteiger charge is -2.13. The number of aromatic nitrogens is 3. The lowest BCUT2D eigenvalue weighted by Crippen LogP contribution is -2.25. The van der Waals surface area contributed by atoms with Crippen molar-refractivity contribution < 1.29 is 9.53 Å². The van der Waals surface area contributed by atoms with Gasteiger partial charge in [0.05, 0.1) is 23.6 Å². The molecule has 3 heterocycles. The van der Waals surface area contributed by atoms with Gasteiger partial charge in [0, 0.05) is 48.7 Å². The number of rotatable bonds is 10. The number of thiazole rings is 1. The summed E-state index contributed by atoms with van der Waals surface area (Å²) >= 11 is 1.61. The van der Waals surface area contributed by atoms with Crippen molar-refractivity contribution in [1.29, 1.82) is 0 Å². The lowest BCUT2D eigenvalue weighted by molar-refractivity contribution is 0.0953. The summed E-state index contributed by atoms with van der Waals surface area (Å²) < 4.78 is 7.48. The van der Waals surface area contributed by atoms with Gasteiger partial charge in [-0.1, -0.05) is 18.6 Å². The third kappa shape index (κ3) is 5.65. The molecule has 34 heavy (non-hydrogen) atoms. The van der Waals surface area contributed by atoms with Crippen LogP contribution in [0.5, 0.6) is 0 Å². The van der Waals surface area contributed by atoms with E-state index in [1.807, 2.05) is 25.3 Å². The van der Waals surface area contributed by atoms with E-state index in [0.717, 1.165) is 52.6 Å². The quantitative estimate of drug-likeness (QED) is 0.373. The number of carbonyl (C=O) groups is 1. The number of aryl methyl sites for hydroxylation is 1. The van der Waals surface area contributed by atoms with E-state index in [9.17, 15) is 4.79 Å². The van der Waals surface area contributed by atoms with Crippen LogP contribution in [-0.2, 0) is 17.7 Å². The fraction of sp³-hybridized carbons (Fsp3) is 0.444. The van der Waals surface area contributed by atoms with Gasteiger partial charge in [0.15, 0.2) is 0 Å². The van der Waals surface area contributed by atoms with Crippen molar-refractivity contribution in [3.63, 3.8) is 0 Å². The lowest BCUT2D eigenvalue weighted by atomic mass is 9.97. The highest BCUT2D eigenvalue weighted by Crippen LogP contribution is 2.32. The maximum Gasteiger partial charge on any atom is 0.253 e. The Balaban J connectivity index is 1.56. The fourth-order valence-electron chi connectivity index (χ4n) is 4.45. The molecule has 6 nitrogen and oxygen atoms in total. The summed E-state index contributed by atoms with van der Waals surface area (Å²) in [6, 6.07) is 6.07. The summed E-state index contributed by atoms with van der Waals surface area (Å²) in [5.74, 6) is -0.0245. The Morgan fingerprint density at radius 3 is 2.94 bits per heavy atom. The van der Waals surface area contributed by atoms with Gasteiger partial charge in [-0.3, -0.25) is 9.78 Å². The Morgan fingerprint density at radius 1 is 1.29 bits per heavy atom. The number of amides is 1. The smallest absolute Gasteiger partial charge is 0.253 e. The normalized spacial score (nSPS) is 13.7. The average molecular weight is 479 g/mol. The molecule has 1 N–H and O–H groups in total. The molecule has 1 aliphatic rings. The fourth-order valence-corrected chi connectivity index (χ4v) is 5.26. The zero-order valence-electron chi connectivity index (χ0n) is 20.4. The molecule has 0 spiro atoms. The number of methoxy groups -OCH3 is 1. The summed E-state index contributed by atoms with van der Waals surface area (Å²) in [4.78, 5) is 22.4. The molecule has 0 aliphatic heterocycles. The first kappa shape index (κ1) is 24.4. The molecule has 0 unspecified atom stereocenters. The highest BCUT2D eigenvalue weighted by molar-refractivity contribution is 7.13. The molecule has 0 bridgehead atoms. The minimum Gasteiger partial charge on any atom is -0.383 e. The van der Waals surface area contributed by atoms with Gasteiger partial charge in [-0.15, -0.1) is 11.3 Å². The van der Waals surface area contributed by atoms with Crippen molar-refractivity contribution in [3.05, 3.63) is 58.4 Å². The first-order valence-corrected chi connectivity index (χ1v) is 13.0. The van der Waals surface area contributed by atoms with Crippen LogP contribution in [0.4, 0.5) is 0 Å². The number of ether oxygens (including phenoxy) is 1. The van der Waals surface area contributed by atoms with Gasteiger partial charge in [0.2, 0.25) is 0 Å². The number of hydrogen-bond donors (Lipinski definition) is 1. The molecule has 180 valence electrons. The van der Waals surface area contributed by atoms with Crippen molar-refractivity contribution in [2.45, 2.75) is 58.9 Å². The summed E-state index contributed by atoms with van der Waals surface area (Å²) in [6.07, 6.45) is 10.9. The van der Waals surface area contributed by atoms with Gasteiger partial charge in [0.1, 0.15) is 5.01 Å². The van der Waals surface area contributed by atoms with E-state index in [1.54, 1.807) is 18.4 Å². The Labute approximate surface area is 206 Å². The topological polar surface area (TPSA) is 69.0 Å². The largest absolute Gasteiger partial charge is 0.383 e. The molecule has 3 aromatic heterocycles. The molecule has 0 atom stereocenters. The van der Waals surface area contributed by atoms with Crippen LogP contribution in [0, 0.1) is 6.92 Å². The van der Waals surface area contributed by atoms with Crippen molar-refractivity contribution in [2.24, 2.45) is 0 Å². The van der Waals surface area contributed by atoms with Crippen molar-refractivity contribution in [2.75, 3.05) is 20.3 Å². The molecule has 0 radical (unpaired) electrons. The predicted molar refractivity (Wildman–Crippen MR) is 138 cm³/mol. The van der Waals surface area contributed by atoms with E-state index < -0.39 is 0 Å².